The Morgan fingerprint density at radius 2 is 1.79 bits per heavy atom. The van der Waals surface area contributed by atoms with Gasteiger partial charge in [0.1, 0.15) is 5.75 Å². The van der Waals surface area contributed by atoms with Crippen LogP contribution in [0.25, 0.3) is 11.0 Å². The summed E-state index contributed by atoms with van der Waals surface area (Å²) in [7, 11) is 0. The Hall–Kier alpha value is -3.29. The standard InChI is InChI=1S/C20H18F2N2O4/c1-12(25)14-7-9-15(10-8-14)27-11-18(26)28-13(2)19-23-16-5-3-4-6-17(16)24(19)20(21)22/h3-10,13,20H,11H2,1-2H3. The van der Waals surface area contributed by atoms with Crippen molar-refractivity contribution in [2.75, 3.05) is 6.61 Å². The minimum absolute atomic E-state index is 0.0460. The summed E-state index contributed by atoms with van der Waals surface area (Å²) in [6.07, 6.45) is -0.988. The largest absolute Gasteiger partial charge is 0.482 e. The van der Waals surface area contributed by atoms with Crippen LogP contribution < -0.4 is 4.74 Å². The highest BCUT2D eigenvalue weighted by Gasteiger charge is 2.24. The van der Waals surface area contributed by atoms with Crippen LogP contribution in [0, 0.1) is 0 Å². The first-order valence-electron chi connectivity index (χ1n) is 8.55. The molecule has 1 atom stereocenters. The van der Waals surface area contributed by atoms with E-state index < -0.39 is 25.2 Å². The molecule has 3 rings (SSSR count). The number of ketones is 1. The molecule has 0 radical (unpaired) electrons. The minimum Gasteiger partial charge on any atom is -0.482 e. The summed E-state index contributed by atoms with van der Waals surface area (Å²) in [4.78, 5) is 27.5. The number of hydrogen-bond acceptors (Lipinski definition) is 5. The van der Waals surface area contributed by atoms with E-state index in [9.17, 15) is 18.4 Å². The van der Waals surface area contributed by atoms with Gasteiger partial charge in [-0.3, -0.25) is 9.36 Å². The molecule has 0 aliphatic rings. The smallest absolute Gasteiger partial charge is 0.344 e. The van der Waals surface area contributed by atoms with E-state index in [1.807, 2.05) is 0 Å². The molecule has 146 valence electrons. The molecule has 1 unspecified atom stereocenters. The Morgan fingerprint density at radius 3 is 2.43 bits per heavy atom. The highest BCUT2D eigenvalue weighted by molar-refractivity contribution is 5.94. The van der Waals surface area contributed by atoms with Crippen molar-refractivity contribution in [1.82, 2.24) is 9.55 Å². The van der Waals surface area contributed by atoms with E-state index in [2.05, 4.69) is 4.98 Å². The molecule has 0 spiro atoms. The van der Waals surface area contributed by atoms with Crippen LogP contribution in [0.5, 0.6) is 5.75 Å². The number of imidazole rings is 1. The topological polar surface area (TPSA) is 70.4 Å². The van der Waals surface area contributed by atoms with Gasteiger partial charge in [-0.25, -0.2) is 9.78 Å². The average Bonchev–Trinajstić information content (AvgIpc) is 3.06. The van der Waals surface area contributed by atoms with Gasteiger partial charge in [-0.1, -0.05) is 12.1 Å². The van der Waals surface area contributed by atoms with E-state index in [4.69, 9.17) is 9.47 Å². The lowest BCUT2D eigenvalue weighted by molar-refractivity contribution is -0.151. The van der Waals surface area contributed by atoms with Crippen LogP contribution in [0.4, 0.5) is 8.78 Å². The normalized spacial score (nSPS) is 12.2. The molecule has 1 aromatic heterocycles. The zero-order valence-corrected chi connectivity index (χ0v) is 15.3. The number of carbonyl (C=O) groups is 2. The van der Waals surface area contributed by atoms with Crippen LogP contribution >= 0.6 is 0 Å². The van der Waals surface area contributed by atoms with Gasteiger partial charge in [0.2, 0.25) is 0 Å². The number of fused-ring (bicyclic) bond motifs is 1. The number of ether oxygens (including phenoxy) is 2. The lowest BCUT2D eigenvalue weighted by Crippen LogP contribution is -2.19. The van der Waals surface area contributed by atoms with Gasteiger partial charge in [0.25, 0.3) is 0 Å². The fraction of sp³-hybridized carbons (Fsp3) is 0.250. The summed E-state index contributed by atoms with van der Waals surface area (Å²) in [6, 6.07) is 12.7. The van der Waals surface area contributed by atoms with E-state index in [1.165, 1.54) is 19.9 Å². The lowest BCUT2D eigenvalue weighted by Gasteiger charge is -2.15. The fourth-order valence-electron chi connectivity index (χ4n) is 2.77. The minimum atomic E-state index is -2.82. The first-order chi connectivity index (χ1) is 13.4. The van der Waals surface area contributed by atoms with E-state index in [0.717, 1.165) is 4.57 Å². The van der Waals surface area contributed by atoms with Crippen LogP contribution in [0.1, 0.15) is 42.7 Å². The zero-order valence-electron chi connectivity index (χ0n) is 15.3. The van der Waals surface area contributed by atoms with Crippen LogP contribution in [0.15, 0.2) is 48.5 Å². The van der Waals surface area contributed by atoms with E-state index in [0.29, 0.717) is 16.8 Å². The predicted octanol–water partition coefficient (Wildman–Crippen LogP) is 4.32. The van der Waals surface area contributed by atoms with Crippen molar-refractivity contribution in [3.05, 3.63) is 59.9 Å². The third-order valence-electron chi connectivity index (χ3n) is 4.11. The SMILES string of the molecule is CC(=O)c1ccc(OCC(=O)OC(C)c2nc3ccccc3n2C(F)F)cc1. The van der Waals surface area contributed by atoms with Crippen LogP contribution in [-0.2, 0) is 9.53 Å². The van der Waals surface area contributed by atoms with Crippen LogP contribution in [-0.4, -0.2) is 27.9 Å². The second kappa shape index (κ2) is 8.16. The molecule has 1 heterocycles. The highest BCUT2D eigenvalue weighted by atomic mass is 19.3. The molecule has 28 heavy (non-hydrogen) atoms. The van der Waals surface area contributed by atoms with Crippen molar-refractivity contribution < 1.29 is 27.8 Å². The third kappa shape index (κ3) is 4.16. The van der Waals surface area contributed by atoms with Crippen molar-refractivity contribution >= 4 is 22.8 Å². The molecule has 0 aliphatic heterocycles. The molecule has 0 aliphatic carbocycles. The molecular formula is C20H18F2N2O4. The Kier molecular flexibility index (Phi) is 5.67. The molecule has 0 amide bonds. The Morgan fingerprint density at radius 1 is 1.11 bits per heavy atom. The zero-order chi connectivity index (χ0) is 20.3. The maximum absolute atomic E-state index is 13.5. The van der Waals surface area contributed by atoms with Crippen molar-refractivity contribution in [2.45, 2.75) is 26.5 Å². The molecule has 0 fully saturated rings. The predicted molar refractivity (Wildman–Crippen MR) is 97.4 cm³/mol. The van der Waals surface area contributed by atoms with Crippen LogP contribution in [0.2, 0.25) is 0 Å². The summed E-state index contributed by atoms with van der Waals surface area (Å²) >= 11 is 0. The molecular weight excluding hydrogens is 370 g/mol. The average molecular weight is 388 g/mol. The second-order valence-electron chi connectivity index (χ2n) is 6.11. The maximum atomic E-state index is 13.5. The van der Waals surface area contributed by atoms with Gasteiger partial charge in [0.15, 0.2) is 24.3 Å². The van der Waals surface area contributed by atoms with Crippen molar-refractivity contribution in [3.63, 3.8) is 0 Å². The van der Waals surface area contributed by atoms with Crippen molar-refractivity contribution in [1.29, 1.82) is 0 Å². The summed E-state index contributed by atoms with van der Waals surface area (Å²) in [6.45, 7) is -0.306. The monoisotopic (exact) mass is 388 g/mol. The van der Waals surface area contributed by atoms with Gasteiger partial charge in [-0.05, 0) is 50.2 Å². The van der Waals surface area contributed by atoms with Gasteiger partial charge < -0.3 is 9.47 Å². The van der Waals surface area contributed by atoms with Crippen molar-refractivity contribution in [2.24, 2.45) is 0 Å². The molecule has 0 bridgehead atoms. The van der Waals surface area contributed by atoms with E-state index in [1.54, 1.807) is 42.5 Å². The van der Waals surface area contributed by atoms with E-state index in [-0.39, 0.29) is 17.1 Å². The molecule has 0 saturated carbocycles. The number of carbonyl (C=O) groups excluding carboxylic acids is 2. The summed E-state index contributed by atoms with van der Waals surface area (Å²) < 4.78 is 38.2. The quantitative estimate of drug-likeness (QED) is 0.445. The lowest BCUT2D eigenvalue weighted by atomic mass is 10.1. The molecule has 8 heteroatoms. The Balaban J connectivity index is 1.66. The number of alkyl halides is 2. The number of para-hydroxylation sites is 2. The first-order valence-corrected chi connectivity index (χ1v) is 8.55. The molecule has 3 aromatic rings. The van der Waals surface area contributed by atoms with Gasteiger partial charge in [0, 0.05) is 5.56 Å². The van der Waals surface area contributed by atoms with Gasteiger partial charge >= 0.3 is 12.5 Å². The summed E-state index contributed by atoms with van der Waals surface area (Å²) in [5.74, 6) is -0.470. The number of nitrogens with zero attached hydrogens (tertiary/aromatic N) is 2. The van der Waals surface area contributed by atoms with E-state index >= 15 is 0 Å². The number of aromatic nitrogens is 2. The Bertz CT molecular complexity index is 999. The fourth-order valence-corrected chi connectivity index (χ4v) is 2.77. The summed E-state index contributed by atoms with van der Waals surface area (Å²) in [5, 5.41) is 0. The van der Waals surface area contributed by atoms with Crippen molar-refractivity contribution in [3.8, 4) is 5.75 Å². The number of hydrogen-bond donors (Lipinski definition) is 0. The highest BCUT2D eigenvalue weighted by Crippen LogP contribution is 2.28. The molecule has 2 aromatic carbocycles. The molecule has 6 nitrogen and oxygen atoms in total. The molecule has 0 saturated heterocycles. The molecule has 0 N–H and O–H groups in total. The van der Waals surface area contributed by atoms with Gasteiger partial charge in [-0.15, -0.1) is 0 Å². The summed E-state index contributed by atoms with van der Waals surface area (Å²) in [5.41, 5.74) is 1.18. The van der Waals surface area contributed by atoms with Gasteiger partial charge in [-0.2, -0.15) is 8.78 Å². The second-order valence-corrected chi connectivity index (χ2v) is 6.11. The van der Waals surface area contributed by atoms with Gasteiger partial charge in [0.05, 0.1) is 11.0 Å². The number of rotatable bonds is 7. The number of halogens is 2. The first kappa shape index (κ1) is 19.5. The number of esters is 1. The van der Waals surface area contributed by atoms with Crippen LogP contribution in [0.3, 0.4) is 0 Å². The Labute approximate surface area is 159 Å². The third-order valence-corrected chi connectivity index (χ3v) is 4.11. The number of benzene rings is 2. The number of Topliss-reactive ketones (excluding diaryl/α,β-unsaturated/α-hetero) is 1. The maximum Gasteiger partial charge on any atom is 0.344 e.